The Kier molecular flexibility index (Phi) is 3.67. The molecule has 2 aromatic heterocycles. The second-order valence-corrected chi connectivity index (χ2v) is 6.01. The number of halogens is 1. The molecule has 0 spiro atoms. The van der Waals surface area contributed by atoms with Crippen molar-refractivity contribution in [1.29, 1.82) is 0 Å². The van der Waals surface area contributed by atoms with E-state index in [0.29, 0.717) is 22.7 Å². The van der Waals surface area contributed by atoms with Crippen molar-refractivity contribution in [3.63, 3.8) is 0 Å². The number of H-pyrrole nitrogens is 2. The molecule has 2 aromatic carbocycles. The summed E-state index contributed by atoms with van der Waals surface area (Å²) in [6.45, 7) is 0. The summed E-state index contributed by atoms with van der Waals surface area (Å²) in [6.07, 6.45) is 0.612. The maximum absolute atomic E-state index is 12.3. The fraction of sp³-hybridized carbons (Fsp3) is 0.0526. The van der Waals surface area contributed by atoms with E-state index in [1.54, 1.807) is 6.07 Å². The number of aromatic nitrogens is 3. The average molecular weight is 336 g/mol. The molecule has 4 rings (SSSR count). The van der Waals surface area contributed by atoms with Crippen molar-refractivity contribution in [1.82, 2.24) is 15.2 Å². The van der Waals surface area contributed by atoms with E-state index >= 15 is 0 Å². The van der Waals surface area contributed by atoms with Crippen LogP contribution in [0.15, 0.2) is 65.5 Å². The van der Waals surface area contributed by atoms with Gasteiger partial charge in [-0.15, -0.1) is 0 Å². The van der Waals surface area contributed by atoms with Crippen molar-refractivity contribution in [3.8, 4) is 11.3 Å². The van der Waals surface area contributed by atoms with Gasteiger partial charge in [0.2, 0.25) is 0 Å². The Balaban J connectivity index is 1.85. The van der Waals surface area contributed by atoms with Crippen LogP contribution in [0.25, 0.3) is 22.2 Å². The Labute approximate surface area is 143 Å². The zero-order valence-corrected chi connectivity index (χ0v) is 13.5. The van der Waals surface area contributed by atoms with Crippen LogP contribution in [0.2, 0.25) is 5.02 Å². The summed E-state index contributed by atoms with van der Waals surface area (Å²) < 4.78 is 0. The van der Waals surface area contributed by atoms with Gasteiger partial charge in [0.1, 0.15) is 0 Å². The van der Waals surface area contributed by atoms with Gasteiger partial charge in [0.25, 0.3) is 5.56 Å². The van der Waals surface area contributed by atoms with Crippen LogP contribution in [0.4, 0.5) is 0 Å². The van der Waals surface area contributed by atoms with Gasteiger partial charge in [0.05, 0.1) is 27.5 Å². The Morgan fingerprint density at radius 1 is 0.958 bits per heavy atom. The Bertz CT molecular complexity index is 1070. The Morgan fingerprint density at radius 3 is 2.54 bits per heavy atom. The van der Waals surface area contributed by atoms with Gasteiger partial charge in [-0.25, -0.2) is 4.98 Å². The summed E-state index contributed by atoms with van der Waals surface area (Å²) in [5.41, 5.74) is 3.59. The maximum atomic E-state index is 12.3. The number of hydrogen-bond acceptors (Lipinski definition) is 2. The first-order chi connectivity index (χ1) is 11.7. The normalized spacial score (nSPS) is 11.0. The van der Waals surface area contributed by atoms with Crippen LogP contribution < -0.4 is 5.56 Å². The smallest absolute Gasteiger partial charge is 0.273 e. The third kappa shape index (κ3) is 2.61. The van der Waals surface area contributed by atoms with Gasteiger partial charge in [0, 0.05) is 11.8 Å². The van der Waals surface area contributed by atoms with Crippen molar-refractivity contribution in [2.45, 2.75) is 6.42 Å². The lowest BCUT2D eigenvalue weighted by Gasteiger charge is -2.06. The molecule has 118 valence electrons. The molecule has 4 nitrogen and oxygen atoms in total. The van der Waals surface area contributed by atoms with Crippen molar-refractivity contribution >= 4 is 22.5 Å². The number of pyridine rings is 1. The fourth-order valence-corrected chi connectivity index (χ4v) is 3.12. The van der Waals surface area contributed by atoms with Crippen LogP contribution in [0.1, 0.15) is 11.3 Å². The molecule has 0 aliphatic carbocycles. The molecule has 0 aliphatic rings. The summed E-state index contributed by atoms with van der Waals surface area (Å²) in [6, 6.07) is 19.3. The molecule has 24 heavy (non-hydrogen) atoms. The van der Waals surface area contributed by atoms with Gasteiger partial charge < -0.3 is 5.10 Å². The van der Waals surface area contributed by atoms with Gasteiger partial charge in [-0.3, -0.25) is 9.89 Å². The molecule has 0 fully saturated rings. The molecular formula is C19H14ClN3O. The first kappa shape index (κ1) is 14.7. The van der Waals surface area contributed by atoms with Crippen LogP contribution in [-0.4, -0.2) is 15.2 Å². The first-order valence-corrected chi connectivity index (χ1v) is 7.99. The molecule has 2 N–H and O–H groups in total. The quantitative estimate of drug-likeness (QED) is 0.590. The topological polar surface area (TPSA) is 61.5 Å². The van der Waals surface area contributed by atoms with E-state index in [-0.39, 0.29) is 5.56 Å². The zero-order chi connectivity index (χ0) is 16.5. The molecule has 0 saturated heterocycles. The molecule has 5 heteroatoms. The van der Waals surface area contributed by atoms with Gasteiger partial charge in [0.15, 0.2) is 0 Å². The minimum Gasteiger partial charge on any atom is -0.301 e. The Morgan fingerprint density at radius 2 is 1.71 bits per heavy atom. The number of rotatable bonds is 3. The monoisotopic (exact) mass is 335 g/mol. The van der Waals surface area contributed by atoms with E-state index in [1.807, 2.05) is 54.6 Å². The molecule has 4 aromatic rings. The van der Waals surface area contributed by atoms with Gasteiger partial charge >= 0.3 is 0 Å². The number of hydrogen-bond donors (Lipinski definition) is 2. The number of nitrogens with one attached hydrogen (secondary N) is 2. The van der Waals surface area contributed by atoms with Gasteiger partial charge in [-0.05, 0) is 17.7 Å². The van der Waals surface area contributed by atoms with Gasteiger partial charge in [-0.2, -0.15) is 0 Å². The SMILES string of the molecule is O=c1[nH][nH]c(Cc2ccccc2)c1-c1cc(Cl)c2ccccc2n1. The van der Waals surface area contributed by atoms with E-state index in [2.05, 4.69) is 15.2 Å². The second kappa shape index (κ2) is 5.98. The summed E-state index contributed by atoms with van der Waals surface area (Å²) in [7, 11) is 0. The fourth-order valence-electron chi connectivity index (χ4n) is 2.86. The number of nitrogens with zero attached hydrogens (tertiary/aromatic N) is 1. The van der Waals surface area contributed by atoms with E-state index in [4.69, 9.17) is 11.6 Å². The van der Waals surface area contributed by atoms with Crippen molar-refractivity contribution in [3.05, 3.63) is 87.3 Å². The lowest BCUT2D eigenvalue weighted by Crippen LogP contribution is -2.04. The highest BCUT2D eigenvalue weighted by Crippen LogP contribution is 2.28. The molecule has 0 aliphatic heterocycles. The molecule has 0 atom stereocenters. The molecule has 2 heterocycles. The number of benzene rings is 2. The minimum absolute atomic E-state index is 0.195. The summed E-state index contributed by atoms with van der Waals surface area (Å²) in [5, 5.41) is 7.09. The number of aromatic amines is 2. The largest absolute Gasteiger partial charge is 0.301 e. The van der Waals surface area contributed by atoms with Crippen LogP contribution in [0.3, 0.4) is 0 Å². The summed E-state index contributed by atoms with van der Waals surface area (Å²) in [4.78, 5) is 16.9. The lowest BCUT2D eigenvalue weighted by atomic mass is 10.0. The highest BCUT2D eigenvalue weighted by atomic mass is 35.5. The third-order valence-electron chi connectivity index (χ3n) is 4.00. The summed E-state index contributed by atoms with van der Waals surface area (Å²) >= 11 is 6.38. The van der Waals surface area contributed by atoms with Crippen LogP contribution >= 0.6 is 11.6 Å². The predicted octanol–water partition coefficient (Wildman–Crippen LogP) is 4.16. The minimum atomic E-state index is -0.195. The third-order valence-corrected chi connectivity index (χ3v) is 4.31. The molecule has 0 radical (unpaired) electrons. The molecule has 0 amide bonds. The average Bonchev–Trinajstić information content (AvgIpc) is 2.96. The standard InChI is InChI=1S/C19H14ClN3O/c20-14-11-16(21-15-9-5-4-8-13(14)15)18-17(22-23-19(18)24)10-12-6-2-1-3-7-12/h1-9,11H,10H2,(H2,22,23,24). The Hall–Kier alpha value is -2.85. The first-order valence-electron chi connectivity index (χ1n) is 7.61. The van der Waals surface area contributed by atoms with Gasteiger partial charge in [-0.1, -0.05) is 60.1 Å². The highest BCUT2D eigenvalue weighted by molar-refractivity contribution is 6.35. The lowest BCUT2D eigenvalue weighted by molar-refractivity contribution is 0.983. The number of fused-ring (bicyclic) bond motifs is 1. The van der Waals surface area contributed by atoms with Crippen LogP contribution in [0.5, 0.6) is 0 Å². The van der Waals surface area contributed by atoms with E-state index < -0.39 is 0 Å². The summed E-state index contributed by atoms with van der Waals surface area (Å²) in [5.74, 6) is 0. The van der Waals surface area contributed by atoms with Crippen molar-refractivity contribution in [2.24, 2.45) is 0 Å². The zero-order valence-electron chi connectivity index (χ0n) is 12.7. The molecular weight excluding hydrogens is 322 g/mol. The van der Waals surface area contributed by atoms with Crippen LogP contribution in [-0.2, 0) is 6.42 Å². The van der Waals surface area contributed by atoms with Crippen molar-refractivity contribution < 1.29 is 0 Å². The highest BCUT2D eigenvalue weighted by Gasteiger charge is 2.16. The predicted molar refractivity (Wildman–Crippen MR) is 96.4 cm³/mol. The van der Waals surface area contributed by atoms with E-state index in [1.165, 1.54) is 0 Å². The van der Waals surface area contributed by atoms with Crippen molar-refractivity contribution in [2.75, 3.05) is 0 Å². The maximum Gasteiger partial charge on any atom is 0.273 e. The van der Waals surface area contributed by atoms with Crippen LogP contribution in [0, 0.1) is 0 Å². The second-order valence-electron chi connectivity index (χ2n) is 5.60. The molecule has 0 bridgehead atoms. The van der Waals surface area contributed by atoms with E-state index in [9.17, 15) is 4.79 Å². The molecule has 0 unspecified atom stereocenters. The number of para-hydroxylation sites is 1. The van der Waals surface area contributed by atoms with E-state index in [0.717, 1.165) is 22.2 Å². The molecule has 0 saturated carbocycles.